The van der Waals surface area contributed by atoms with Crippen LogP contribution >= 0.6 is 11.6 Å². The summed E-state index contributed by atoms with van der Waals surface area (Å²) >= 11 is 6.20. The Balaban J connectivity index is 1.42. The monoisotopic (exact) mass is 371 g/mol. The predicted molar refractivity (Wildman–Crippen MR) is 97.8 cm³/mol. The summed E-state index contributed by atoms with van der Waals surface area (Å²) < 4.78 is 7.12. The number of rotatable bonds is 4. The van der Waals surface area contributed by atoms with E-state index in [1.807, 2.05) is 43.6 Å². The fourth-order valence-electron chi connectivity index (χ4n) is 3.08. The van der Waals surface area contributed by atoms with Crippen LogP contribution in [0.4, 0.5) is 5.69 Å². The van der Waals surface area contributed by atoms with E-state index >= 15 is 0 Å². The summed E-state index contributed by atoms with van der Waals surface area (Å²) in [5, 5.41) is 8.87. The van der Waals surface area contributed by atoms with Crippen LogP contribution in [0.2, 0.25) is 5.02 Å². The number of piperazine rings is 1. The van der Waals surface area contributed by atoms with Crippen molar-refractivity contribution >= 4 is 23.2 Å². The van der Waals surface area contributed by atoms with E-state index in [4.69, 9.17) is 16.1 Å². The third-order valence-corrected chi connectivity index (χ3v) is 4.72. The molecule has 1 amide bonds. The number of nitrogens with zero attached hydrogens (tertiary/aromatic N) is 5. The zero-order valence-electron chi connectivity index (χ0n) is 14.3. The highest BCUT2D eigenvalue weighted by molar-refractivity contribution is 6.33. The summed E-state index contributed by atoms with van der Waals surface area (Å²) in [6.45, 7) is 2.28. The summed E-state index contributed by atoms with van der Waals surface area (Å²) in [6, 6.07) is 9.35. The quantitative estimate of drug-likeness (QED) is 0.705. The maximum absolute atomic E-state index is 12.5. The topological polar surface area (TPSA) is 67.4 Å². The van der Waals surface area contributed by atoms with E-state index in [0.717, 1.165) is 23.5 Å². The van der Waals surface area contributed by atoms with Crippen molar-refractivity contribution in [1.82, 2.24) is 19.8 Å². The van der Waals surface area contributed by atoms with Crippen molar-refractivity contribution in [2.45, 2.75) is 6.54 Å². The van der Waals surface area contributed by atoms with Crippen LogP contribution in [0.15, 0.2) is 47.2 Å². The number of hydrogen-bond acceptors (Lipinski definition) is 5. The van der Waals surface area contributed by atoms with Gasteiger partial charge < -0.3 is 9.42 Å². The van der Waals surface area contributed by atoms with Crippen molar-refractivity contribution < 1.29 is 9.32 Å². The molecule has 0 unspecified atom stereocenters. The molecule has 0 N–H and O–H groups in total. The lowest BCUT2D eigenvalue weighted by Gasteiger charge is -2.32. The number of benzene rings is 1. The van der Waals surface area contributed by atoms with Gasteiger partial charge in [-0.05, 0) is 12.1 Å². The molecule has 3 aromatic rings. The van der Waals surface area contributed by atoms with Crippen LogP contribution in [-0.2, 0) is 18.4 Å². The molecule has 1 aliphatic heterocycles. The zero-order valence-corrected chi connectivity index (χ0v) is 15.1. The van der Waals surface area contributed by atoms with Crippen LogP contribution < -0.4 is 4.90 Å². The third-order valence-electron chi connectivity index (χ3n) is 4.39. The lowest BCUT2D eigenvalue weighted by molar-refractivity contribution is -0.121. The van der Waals surface area contributed by atoms with Crippen LogP contribution in [0.5, 0.6) is 0 Å². The number of carbonyl (C=O) groups excluding carboxylic acids is 1. The molecule has 0 saturated carbocycles. The van der Waals surface area contributed by atoms with Crippen molar-refractivity contribution in [3.63, 3.8) is 0 Å². The Bertz CT molecular complexity index is 935. The highest BCUT2D eigenvalue weighted by atomic mass is 35.5. The van der Waals surface area contributed by atoms with Crippen molar-refractivity contribution in [3.05, 3.63) is 53.4 Å². The normalized spacial score (nSPS) is 15.6. The van der Waals surface area contributed by atoms with Gasteiger partial charge in [-0.3, -0.25) is 14.4 Å². The molecule has 1 saturated heterocycles. The molecule has 0 spiro atoms. The van der Waals surface area contributed by atoms with Crippen molar-refractivity contribution in [3.8, 4) is 11.3 Å². The smallest absolute Gasteiger partial charge is 0.241 e. The Kier molecular flexibility index (Phi) is 4.48. The number of carbonyl (C=O) groups is 1. The van der Waals surface area contributed by atoms with E-state index in [-0.39, 0.29) is 5.91 Å². The van der Waals surface area contributed by atoms with Gasteiger partial charge in [-0.1, -0.05) is 28.9 Å². The molecular formula is C18H18ClN5O2. The van der Waals surface area contributed by atoms with Gasteiger partial charge >= 0.3 is 0 Å². The molecule has 1 fully saturated rings. The first-order chi connectivity index (χ1) is 12.6. The maximum atomic E-state index is 12.5. The molecule has 1 aromatic carbocycles. The Morgan fingerprint density at radius 2 is 2.12 bits per heavy atom. The van der Waals surface area contributed by atoms with Crippen LogP contribution in [-0.4, -0.2) is 45.4 Å². The molecule has 0 bridgehead atoms. The second-order valence-corrected chi connectivity index (χ2v) is 6.70. The van der Waals surface area contributed by atoms with Gasteiger partial charge in [0.2, 0.25) is 5.91 Å². The zero-order chi connectivity index (χ0) is 18.1. The summed E-state index contributed by atoms with van der Waals surface area (Å²) in [7, 11) is 1.84. The highest BCUT2D eigenvalue weighted by Gasteiger charge is 2.26. The number of hydrogen-bond donors (Lipinski definition) is 0. The first-order valence-corrected chi connectivity index (χ1v) is 8.70. The van der Waals surface area contributed by atoms with Gasteiger partial charge in [-0.2, -0.15) is 5.10 Å². The fourth-order valence-corrected chi connectivity index (χ4v) is 3.31. The van der Waals surface area contributed by atoms with E-state index < -0.39 is 0 Å². The second kappa shape index (κ2) is 6.93. The van der Waals surface area contributed by atoms with Gasteiger partial charge in [-0.25, -0.2) is 0 Å². The van der Waals surface area contributed by atoms with Crippen LogP contribution in [0.25, 0.3) is 11.3 Å². The Morgan fingerprint density at radius 1 is 1.27 bits per heavy atom. The fraction of sp³-hybridized carbons (Fsp3) is 0.278. The first kappa shape index (κ1) is 16.8. The minimum Gasteiger partial charge on any atom is -0.356 e. The van der Waals surface area contributed by atoms with Gasteiger partial charge in [0.1, 0.15) is 0 Å². The average molecular weight is 372 g/mol. The van der Waals surface area contributed by atoms with E-state index in [9.17, 15) is 4.79 Å². The standard InChI is InChI=1S/C18H18ClN5O2/c1-22-11-14(9-20-22)24-7-6-23(12-18(24)25)10-13-8-17(26-21-13)15-4-2-3-5-16(15)19/h2-5,8-9,11H,6-7,10,12H2,1H3. The molecular weight excluding hydrogens is 354 g/mol. The van der Waals surface area contributed by atoms with Gasteiger partial charge in [0.05, 0.1) is 29.1 Å². The molecule has 7 nitrogen and oxygen atoms in total. The Labute approximate surface area is 155 Å². The average Bonchev–Trinajstić information content (AvgIpc) is 3.25. The van der Waals surface area contributed by atoms with E-state index in [1.165, 1.54) is 0 Å². The summed E-state index contributed by atoms with van der Waals surface area (Å²) in [5.41, 5.74) is 2.42. The summed E-state index contributed by atoms with van der Waals surface area (Å²) in [5.74, 6) is 0.685. The van der Waals surface area contributed by atoms with Gasteiger partial charge in [0.25, 0.3) is 0 Å². The number of aryl methyl sites for hydroxylation is 1. The molecule has 0 atom stereocenters. The van der Waals surface area contributed by atoms with E-state index in [1.54, 1.807) is 15.8 Å². The van der Waals surface area contributed by atoms with Gasteiger partial charge in [0.15, 0.2) is 5.76 Å². The number of amides is 1. The minimum atomic E-state index is 0.0547. The Morgan fingerprint density at radius 3 is 2.85 bits per heavy atom. The highest BCUT2D eigenvalue weighted by Crippen LogP contribution is 2.28. The van der Waals surface area contributed by atoms with Crippen LogP contribution in [0, 0.1) is 0 Å². The largest absolute Gasteiger partial charge is 0.356 e. The molecule has 26 heavy (non-hydrogen) atoms. The number of aromatic nitrogens is 3. The molecule has 1 aliphatic rings. The number of halogens is 1. The first-order valence-electron chi connectivity index (χ1n) is 8.32. The molecule has 0 aliphatic carbocycles. The Hall–Kier alpha value is -2.64. The summed E-state index contributed by atoms with van der Waals surface area (Å²) in [6.07, 6.45) is 3.56. The van der Waals surface area contributed by atoms with Crippen LogP contribution in [0.3, 0.4) is 0 Å². The predicted octanol–water partition coefficient (Wildman–Crippen LogP) is 2.58. The molecule has 0 radical (unpaired) electrons. The molecule has 2 aromatic heterocycles. The lowest BCUT2D eigenvalue weighted by Crippen LogP contribution is -2.50. The van der Waals surface area contributed by atoms with Crippen molar-refractivity contribution in [2.75, 3.05) is 24.5 Å². The van der Waals surface area contributed by atoms with E-state index in [2.05, 4.69) is 15.2 Å². The maximum Gasteiger partial charge on any atom is 0.241 e. The minimum absolute atomic E-state index is 0.0547. The SMILES string of the molecule is Cn1cc(N2CCN(Cc3cc(-c4ccccc4Cl)on3)CC2=O)cn1. The molecule has 8 heteroatoms. The third kappa shape index (κ3) is 3.36. The van der Waals surface area contributed by atoms with Crippen molar-refractivity contribution in [1.29, 1.82) is 0 Å². The van der Waals surface area contributed by atoms with Gasteiger partial charge in [-0.15, -0.1) is 0 Å². The summed E-state index contributed by atoms with van der Waals surface area (Å²) in [4.78, 5) is 16.3. The van der Waals surface area contributed by atoms with Crippen LogP contribution in [0.1, 0.15) is 5.69 Å². The van der Waals surface area contributed by atoms with Gasteiger partial charge in [0, 0.05) is 44.5 Å². The molecule has 134 valence electrons. The molecule has 3 heterocycles. The van der Waals surface area contributed by atoms with Crippen molar-refractivity contribution in [2.24, 2.45) is 7.05 Å². The number of anilines is 1. The van der Waals surface area contributed by atoms with E-state index in [0.29, 0.717) is 30.4 Å². The molecule has 4 rings (SSSR count). The second-order valence-electron chi connectivity index (χ2n) is 6.29. The lowest BCUT2D eigenvalue weighted by atomic mass is 10.1.